The van der Waals surface area contributed by atoms with Gasteiger partial charge in [0.1, 0.15) is 6.54 Å². The Hall–Kier alpha value is -2.91. The van der Waals surface area contributed by atoms with Gasteiger partial charge in [0.05, 0.1) is 10.4 Å². The third kappa shape index (κ3) is 4.57. The van der Waals surface area contributed by atoms with Crippen molar-refractivity contribution in [2.24, 2.45) is 0 Å². The van der Waals surface area contributed by atoms with E-state index >= 15 is 0 Å². The number of rotatable bonds is 7. The van der Waals surface area contributed by atoms with E-state index < -0.39 is 15.8 Å². The zero-order valence-electron chi connectivity index (χ0n) is 16.5. The average Bonchev–Trinajstić information content (AvgIpc) is 2.96. The predicted molar refractivity (Wildman–Crippen MR) is 109 cm³/mol. The molecule has 0 spiro atoms. The molecule has 0 aliphatic carbocycles. The minimum atomic E-state index is -3.79. The lowest BCUT2D eigenvalue weighted by Crippen LogP contribution is -2.35. The molecule has 0 aliphatic rings. The van der Waals surface area contributed by atoms with Gasteiger partial charge in [-0.2, -0.15) is 4.31 Å². The molecule has 1 aromatic heterocycles. The number of hydrogen-bond acceptors (Lipinski definition) is 5. The Bertz CT molecular complexity index is 1180. The van der Waals surface area contributed by atoms with E-state index in [0.29, 0.717) is 5.52 Å². The SMILES string of the molecule is CC(C)NC(=O)Cn1c(=O)oc2cc(S(=O)(=O)N(C)Cc3ccccc3)ccc21. The van der Waals surface area contributed by atoms with E-state index in [0.717, 1.165) is 5.56 Å². The summed E-state index contributed by atoms with van der Waals surface area (Å²) in [5.41, 5.74) is 1.33. The molecular formula is C20H23N3O5S. The summed E-state index contributed by atoms with van der Waals surface area (Å²) in [4.78, 5) is 24.2. The second kappa shape index (κ2) is 8.22. The van der Waals surface area contributed by atoms with Gasteiger partial charge in [-0.15, -0.1) is 0 Å². The Morgan fingerprint density at radius 2 is 1.86 bits per heavy atom. The molecule has 29 heavy (non-hydrogen) atoms. The van der Waals surface area contributed by atoms with Gasteiger partial charge in [0.25, 0.3) is 0 Å². The molecule has 3 aromatic rings. The lowest BCUT2D eigenvalue weighted by molar-refractivity contribution is -0.122. The van der Waals surface area contributed by atoms with Crippen molar-refractivity contribution in [3.63, 3.8) is 0 Å². The van der Waals surface area contributed by atoms with Crippen LogP contribution in [-0.4, -0.2) is 36.3 Å². The summed E-state index contributed by atoms with van der Waals surface area (Å²) in [5, 5.41) is 2.70. The van der Waals surface area contributed by atoms with Gasteiger partial charge >= 0.3 is 5.76 Å². The highest BCUT2D eigenvalue weighted by Crippen LogP contribution is 2.22. The van der Waals surface area contributed by atoms with Crippen LogP contribution in [0.3, 0.4) is 0 Å². The molecule has 3 rings (SSSR count). The van der Waals surface area contributed by atoms with Crippen molar-refractivity contribution >= 4 is 27.0 Å². The van der Waals surface area contributed by atoms with Crippen molar-refractivity contribution in [3.8, 4) is 0 Å². The van der Waals surface area contributed by atoms with Gasteiger partial charge in [0.15, 0.2) is 5.58 Å². The Balaban J connectivity index is 1.89. The summed E-state index contributed by atoms with van der Waals surface area (Å²) >= 11 is 0. The maximum absolute atomic E-state index is 12.9. The fourth-order valence-electron chi connectivity index (χ4n) is 2.97. The highest BCUT2D eigenvalue weighted by molar-refractivity contribution is 7.89. The van der Waals surface area contributed by atoms with Crippen molar-refractivity contribution in [1.29, 1.82) is 0 Å². The van der Waals surface area contributed by atoms with Crippen LogP contribution in [0.25, 0.3) is 11.1 Å². The number of aromatic nitrogens is 1. The third-order valence-electron chi connectivity index (χ3n) is 4.35. The van der Waals surface area contributed by atoms with Gasteiger partial charge in [-0.25, -0.2) is 13.2 Å². The van der Waals surface area contributed by atoms with Crippen molar-refractivity contribution in [1.82, 2.24) is 14.2 Å². The molecule has 1 N–H and O–H groups in total. The molecule has 0 bridgehead atoms. The maximum atomic E-state index is 12.9. The highest BCUT2D eigenvalue weighted by Gasteiger charge is 2.23. The minimum absolute atomic E-state index is 0.0102. The second-order valence-electron chi connectivity index (χ2n) is 7.05. The highest BCUT2D eigenvalue weighted by atomic mass is 32.2. The van der Waals surface area contributed by atoms with E-state index in [9.17, 15) is 18.0 Å². The van der Waals surface area contributed by atoms with E-state index in [1.54, 1.807) is 0 Å². The normalized spacial score (nSPS) is 12.0. The van der Waals surface area contributed by atoms with E-state index in [1.807, 2.05) is 44.2 Å². The number of nitrogens with zero attached hydrogens (tertiary/aromatic N) is 2. The molecule has 9 heteroatoms. The molecule has 0 atom stereocenters. The molecule has 8 nitrogen and oxygen atoms in total. The molecule has 1 heterocycles. The van der Waals surface area contributed by atoms with Crippen LogP contribution in [0.15, 0.2) is 62.6 Å². The van der Waals surface area contributed by atoms with Crippen LogP contribution in [0.1, 0.15) is 19.4 Å². The van der Waals surface area contributed by atoms with Crippen molar-refractivity contribution in [2.45, 2.75) is 37.9 Å². The van der Waals surface area contributed by atoms with Gasteiger partial charge in [-0.05, 0) is 31.5 Å². The Morgan fingerprint density at radius 3 is 2.52 bits per heavy atom. The number of sulfonamides is 1. The summed E-state index contributed by atoms with van der Waals surface area (Å²) in [6.45, 7) is 3.64. The van der Waals surface area contributed by atoms with Gasteiger partial charge in [0.2, 0.25) is 15.9 Å². The number of fused-ring (bicyclic) bond motifs is 1. The van der Waals surface area contributed by atoms with Gasteiger partial charge < -0.3 is 9.73 Å². The number of amides is 1. The predicted octanol–water partition coefficient (Wildman–Crippen LogP) is 1.94. The van der Waals surface area contributed by atoms with Crippen LogP contribution >= 0.6 is 0 Å². The first-order chi connectivity index (χ1) is 13.7. The molecule has 0 radical (unpaired) electrons. The molecule has 0 aliphatic heterocycles. The lowest BCUT2D eigenvalue weighted by atomic mass is 10.2. The summed E-state index contributed by atoms with van der Waals surface area (Å²) < 4.78 is 33.4. The van der Waals surface area contributed by atoms with Crippen LogP contribution in [0.5, 0.6) is 0 Å². The van der Waals surface area contributed by atoms with Gasteiger partial charge in [-0.3, -0.25) is 9.36 Å². The lowest BCUT2D eigenvalue weighted by Gasteiger charge is -2.17. The van der Waals surface area contributed by atoms with Gasteiger partial charge in [-0.1, -0.05) is 30.3 Å². The first kappa shape index (κ1) is 20.8. The van der Waals surface area contributed by atoms with Crippen LogP contribution in [-0.2, 0) is 27.9 Å². The average molecular weight is 417 g/mol. The number of nitrogens with one attached hydrogen (secondary N) is 1. The smallest absolute Gasteiger partial charge is 0.408 e. The van der Waals surface area contributed by atoms with E-state index in [4.69, 9.17) is 4.42 Å². The van der Waals surface area contributed by atoms with Crippen LogP contribution < -0.4 is 11.1 Å². The Kier molecular flexibility index (Phi) is 5.90. The third-order valence-corrected chi connectivity index (χ3v) is 6.15. The van der Waals surface area contributed by atoms with E-state index in [-0.39, 0.29) is 35.5 Å². The van der Waals surface area contributed by atoms with Crippen LogP contribution in [0.2, 0.25) is 0 Å². The fraction of sp³-hybridized carbons (Fsp3) is 0.300. The number of oxazole rings is 1. The molecule has 0 fully saturated rings. The summed E-state index contributed by atoms with van der Waals surface area (Å²) in [6.07, 6.45) is 0. The quantitative estimate of drug-likeness (QED) is 0.633. The topological polar surface area (TPSA) is 102 Å². The molecule has 0 unspecified atom stereocenters. The molecule has 2 aromatic carbocycles. The maximum Gasteiger partial charge on any atom is 0.420 e. The monoisotopic (exact) mass is 417 g/mol. The van der Waals surface area contributed by atoms with Crippen molar-refractivity contribution in [2.75, 3.05) is 7.05 Å². The molecule has 154 valence electrons. The van der Waals surface area contributed by atoms with E-state index in [2.05, 4.69) is 5.32 Å². The van der Waals surface area contributed by atoms with E-state index in [1.165, 1.54) is 34.1 Å². The molecular weight excluding hydrogens is 394 g/mol. The summed E-state index contributed by atoms with van der Waals surface area (Å²) in [6, 6.07) is 13.4. The summed E-state index contributed by atoms with van der Waals surface area (Å²) in [5.74, 6) is -1.05. The van der Waals surface area contributed by atoms with Crippen LogP contribution in [0, 0.1) is 0 Å². The minimum Gasteiger partial charge on any atom is -0.408 e. The summed E-state index contributed by atoms with van der Waals surface area (Å²) in [7, 11) is -2.30. The molecule has 1 amide bonds. The first-order valence-corrected chi connectivity index (χ1v) is 10.6. The Morgan fingerprint density at radius 1 is 1.17 bits per heavy atom. The second-order valence-corrected chi connectivity index (χ2v) is 9.10. The number of carbonyl (C=O) groups is 1. The Labute approximate surface area is 168 Å². The largest absolute Gasteiger partial charge is 0.420 e. The zero-order chi connectivity index (χ0) is 21.2. The fourth-order valence-corrected chi connectivity index (χ4v) is 4.15. The number of hydrogen-bond donors (Lipinski definition) is 1. The van der Waals surface area contributed by atoms with Gasteiger partial charge in [0, 0.05) is 25.7 Å². The standard InChI is InChI=1S/C20H23N3O5S/c1-14(2)21-19(24)13-23-17-10-9-16(11-18(17)28-20(23)25)29(26,27)22(3)12-15-7-5-4-6-8-15/h4-11,14H,12-13H2,1-3H3,(H,21,24). The number of carbonyl (C=O) groups excluding carboxylic acids is 1. The van der Waals surface area contributed by atoms with Crippen LogP contribution in [0.4, 0.5) is 0 Å². The van der Waals surface area contributed by atoms with Crippen molar-refractivity contribution in [3.05, 3.63) is 64.6 Å². The molecule has 0 saturated carbocycles. The zero-order valence-corrected chi connectivity index (χ0v) is 17.3. The molecule has 0 saturated heterocycles. The first-order valence-electron chi connectivity index (χ1n) is 9.11. The number of benzene rings is 2. The van der Waals surface area contributed by atoms with Crippen molar-refractivity contribution < 1.29 is 17.6 Å².